The molecule has 1 atom stereocenters. The van der Waals surface area contributed by atoms with Gasteiger partial charge in [0.05, 0.1) is 12.6 Å². The van der Waals surface area contributed by atoms with E-state index in [0.717, 1.165) is 23.6 Å². The molecule has 0 bridgehead atoms. The molecule has 0 aliphatic heterocycles. The first-order chi connectivity index (χ1) is 9.17. The lowest BCUT2D eigenvalue weighted by atomic mass is 10.2. The summed E-state index contributed by atoms with van der Waals surface area (Å²) in [5, 5.41) is 2.81. The van der Waals surface area contributed by atoms with Crippen LogP contribution < -0.4 is 15.8 Å². The van der Waals surface area contributed by atoms with Crippen molar-refractivity contribution in [3.05, 3.63) is 24.3 Å². The fourth-order valence-electron chi connectivity index (χ4n) is 1.47. The molecule has 0 radical (unpaired) electrons. The van der Waals surface area contributed by atoms with Crippen LogP contribution in [0, 0.1) is 0 Å². The van der Waals surface area contributed by atoms with E-state index in [4.69, 9.17) is 10.5 Å². The van der Waals surface area contributed by atoms with E-state index in [1.165, 1.54) is 0 Å². The largest absolute Gasteiger partial charge is 0.494 e. The zero-order valence-corrected chi connectivity index (χ0v) is 13.6. The summed E-state index contributed by atoms with van der Waals surface area (Å²) in [7, 11) is 0. The predicted octanol–water partition coefficient (Wildman–Crippen LogP) is 2.92. The topological polar surface area (TPSA) is 64.3 Å². The lowest BCUT2D eigenvalue weighted by molar-refractivity contribution is -0.117. The molecule has 20 heavy (non-hydrogen) atoms. The van der Waals surface area contributed by atoms with E-state index in [1.54, 1.807) is 11.8 Å². The number of thioether (sulfide) groups is 1. The van der Waals surface area contributed by atoms with Gasteiger partial charge in [-0.25, -0.2) is 0 Å². The normalized spacial score (nSPS) is 11.3. The third-order valence-electron chi connectivity index (χ3n) is 2.56. The molecule has 0 aliphatic carbocycles. The van der Waals surface area contributed by atoms with Gasteiger partial charge in [0.25, 0.3) is 0 Å². The van der Waals surface area contributed by atoms with Crippen molar-refractivity contribution in [1.29, 1.82) is 0 Å². The highest BCUT2D eigenvalue weighted by atomic mass is 35.5. The van der Waals surface area contributed by atoms with Gasteiger partial charge in [-0.2, -0.15) is 11.8 Å². The molecule has 0 heterocycles. The molecule has 1 amide bonds. The van der Waals surface area contributed by atoms with E-state index in [-0.39, 0.29) is 18.3 Å². The molecule has 0 saturated carbocycles. The number of carbonyl (C=O) groups is 1. The molecular formula is C14H23ClN2O2S. The summed E-state index contributed by atoms with van der Waals surface area (Å²) in [6, 6.07) is 6.88. The summed E-state index contributed by atoms with van der Waals surface area (Å²) < 4.78 is 5.48. The van der Waals surface area contributed by atoms with Gasteiger partial charge in [0, 0.05) is 5.69 Å². The summed E-state index contributed by atoms with van der Waals surface area (Å²) in [6.07, 6.45) is 3.66. The van der Waals surface area contributed by atoms with Crippen molar-refractivity contribution < 1.29 is 9.53 Å². The van der Waals surface area contributed by atoms with Crippen LogP contribution in [0.2, 0.25) is 0 Å². The summed E-state index contributed by atoms with van der Waals surface area (Å²) in [4.78, 5) is 11.8. The Hall–Kier alpha value is -0.910. The molecule has 0 unspecified atom stereocenters. The maximum atomic E-state index is 11.8. The minimum Gasteiger partial charge on any atom is -0.494 e. The Morgan fingerprint density at radius 3 is 2.60 bits per heavy atom. The highest BCUT2D eigenvalue weighted by molar-refractivity contribution is 7.98. The number of benzene rings is 1. The van der Waals surface area contributed by atoms with Crippen LogP contribution >= 0.6 is 24.2 Å². The van der Waals surface area contributed by atoms with Crippen LogP contribution in [0.5, 0.6) is 5.75 Å². The number of rotatable bonds is 8. The van der Waals surface area contributed by atoms with E-state index in [1.807, 2.05) is 30.5 Å². The molecule has 0 spiro atoms. The predicted molar refractivity (Wildman–Crippen MR) is 89.1 cm³/mol. The van der Waals surface area contributed by atoms with Gasteiger partial charge in [-0.1, -0.05) is 6.92 Å². The second-order valence-corrected chi connectivity index (χ2v) is 5.24. The molecule has 4 nitrogen and oxygen atoms in total. The molecule has 0 aromatic heterocycles. The Morgan fingerprint density at radius 1 is 1.40 bits per heavy atom. The quantitative estimate of drug-likeness (QED) is 0.773. The zero-order valence-electron chi connectivity index (χ0n) is 11.9. The van der Waals surface area contributed by atoms with Crippen molar-refractivity contribution in [3.63, 3.8) is 0 Å². The maximum absolute atomic E-state index is 11.8. The van der Waals surface area contributed by atoms with Crippen molar-refractivity contribution in [3.8, 4) is 5.75 Å². The Morgan fingerprint density at radius 2 is 2.05 bits per heavy atom. The Labute approximate surface area is 131 Å². The number of amides is 1. The first-order valence-corrected chi connectivity index (χ1v) is 7.85. The molecule has 114 valence electrons. The SMILES string of the molecule is CCCOc1ccc(NC(=O)[C@@H](N)CCSC)cc1.Cl. The van der Waals surface area contributed by atoms with E-state index < -0.39 is 6.04 Å². The highest BCUT2D eigenvalue weighted by Gasteiger charge is 2.12. The number of nitrogens with two attached hydrogens (primary N) is 1. The summed E-state index contributed by atoms with van der Waals surface area (Å²) >= 11 is 1.69. The van der Waals surface area contributed by atoms with E-state index >= 15 is 0 Å². The van der Waals surface area contributed by atoms with Crippen LogP contribution in [-0.4, -0.2) is 30.6 Å². The van der Waals surface area contributed by atoms with Crippen LogP contribution in [0.3, 0.4) is 0 Å². The molecule has 1 aromatic rings. The number of nitrogens with one attached hydrogen (secondary N) is 1. The first-order valence-electron chi connectivity index (χ1n) is 6.45. The van der Waals surface area contributed by atoms with Crippen LogP contribution in [0.1, 0.15) is 19.8 Å². The van der Waals surface area contributed by atoms with Gasteiger partial charge >= 0.3 is 0 Å². The summed E-state index contributed by atoms with van der Waals surface area (Å²) in [6.45, 7) is 2.76. The molecule has 3 N–H and O–H groups in total. The Bertz CT molecular complexity index is 387. The number of carbonyl (C=O) groups excluding carboxylic acids is 1. The van der Waals surface area contributed by atoms with Crippen LogP contribution in [0.15, 0.2) is 24.3 Å². The van der Waals surface area contributed by atoms with Crippen molar-refractivity contribution in [2.24, 2.45) is 5.73 Å². The van der Waals surface area contributed by atoms with E-state index in [0.29, 0.717) is 13.0 Å². The van der Waals surface area contributed by atoms with Gasteiger partial charge in [-0.3, -0.25) is 4.79 Å². The Balaban J connectivity index is 0.00000361. The van der Waals surface area contributed by atoms with Gasteiger partial charge in [-0.05, 0) is 49.1 Å². The van der Waals surface area contributed by atoms with Gasteiger partial charge in [0.15, 0.2) is 0 Å². The third-order valence-corrected chi connectivity index (χ3v) is 3.21. The van der Waals surface area contributed by atoms with Gasteiger partial charge in [-0.15, -0.1) is 12.4 Å². The molecule has 6 heteroatoms. The average molecular weight is 319 g/mol. The van der Waals surface area contributed by atoms with Crippen LogP contribution in [0.25, 0.3) is 0 Å². The molecule has 1 rings (SSSR count). The smallest absolute Gasteiger partial charge is 0.241 e. The zero-order chi connectivity index (χ0) is 14.1. The highest BCUT2D eigenvalue weighted by Crippen LogP contribution is 2.16. The standard InChI is InChI=1S/C14H22N2O2S.ClH/c1-3-9-18-12-6-4-11(5-7-12)16-14(17)13(15)8-10-19-2;/h4-7,13H,3,8-10,15H2,1-2H3,(H,16,17);1H/t13-;/m0./s1. The minimum absolute atomic E-state index is 0. The molecule has 0 aliphatic rings. The fraction of sp³-hybridized carbons (Fsp3) is 0.500. The molecule has 0 fully saturated rings. The summed E-state index contributed by atoms with van der Waals surface area (Å²) in [5.74, 6) is 1.56. The Kier molecular flexibility index (Phi) is 10.3. The van der Waals surface area contributed by atoms with Crippen molar-refractivity contribution >= 4 is 35.8 Å². The maximum Gasteiger partial charge on any atom is 0.241 e. The molecule has 1 aromatic carbocycles. The minimum atomic E-state index is -0.455. The van der Waals surface area contributed by atoms with Gasteiger partial charge in [0.1, 0.15) is 5.75 Å². The second kappa shape index (κ2) is 10.8. The van der Waals surface area contributed by atoms with Crippen LogP contribution in [0.4, 0.5) is 5.69 Å². The van der Waals surface area contributed by atoms with Gasteiger partial charge in [0.2, 0.25) is 5.91 Å². The number of hydrogen-bond acceptors (Lipinski definition) is 4. The molecule has 0 saturated heterocycles. The fourth-order valence-corrected chi connectivity index (χ4v) is 1.95. The number of anilines is 1. The van der Waals surface area contributed by atoms with Gasteiger partial charge < -0.3 is 15.8 Å². The number of halogens is 1. The van der Waals surface area contributed by atoms with E-state index in [2.05, 4.69) is 12.2 Å². The monoisotopic (exact) mass is 318 g/mol. The second-order valence-electron chi connectivity index (χ2n) is 4.25. The number of hydrogen-bond donors (Lipinski definition) is 2. The van der Waals surface area contributed by atoms with Crippen molar-refractivity contribution in [2.75, 3.05) is 23.9 Å². The lowest BCUT2D eigenvalue weighted by Gasteiger charge is -2.12. The lowest BCUT2D eigenvalue weighted by Crippen LogP contribution is -2.36. The summed E-state index contributed by atoms with van der Waals surface area (Å²) in [5.41, 5.74) is 6.54. The third kappa shape index (κ3) is 7.03. The number of ether oxygens (including phenoxy) is 1. The molecular weight excluding hydrogens is 296 g/mol. The van der Waals surface area contributed by atoms with Crippen molar-refractivity contribution in [2.45, 2.75) is 25.8 Å². The van der Waals surface area contributed by atoms with Crippen LogP contribution in [-0.2, 0) is 4.79 Å². The first kappa shape index (κ1) is 19.1. The van der Waals surface area contributed by atoms with Crippen molar-refractivity contribution in [1.82, 2.24) is 0 Å². The van der Waals surface area contributed by atoms with E-state index in [9.17, 15) is 4.79 Å². The average Bonchev–Trinajstić information content (AvgIpc) is 2.43.